The highest BCUT2D eigenvalue weighted by molar-refractivity contribution is 5.69. The van der Waals surface area contributed by atoms with Crippen LogP contribution in [0.1, 0.15) is 26.3 Å². The number of esters is 1. The van der Waals surface area contributed by atoms with Crippen LogP contribution in [0, 0.1) is 0 Å². The average molecular weight is 206 g/mol. The third kappa shape index (κ3) is 2.12. The van der Waals surface area contributed by atoms with Gasteiger partial charge in [0.15, 0.2) is 0 Å². The molecule has 1 aromatic carbocycles. The number of carbonyl (C=O) groups is 1. The van der Waals surface area contributed by atoms with Crippen LogP contribution in [-0.2, 0) is 11.2 Å². The summed E-state index contributed by atoms with van der Waals surface area (Å²) >= 11 is 0. The van der Waals surface area contributed by atoms with Gasteiger partial charge in [0, 0.05) is 19.4 Å². The summed E-state index contributed by atoms with van der Waals surface area (Å²) in [5.41, 5.74) is 1.01. The smallest absolute Gasteiger partial charge is 0.308 e. The predicted octanol–water partition coefficient (Wildman–Crippen LogP) is 2.33. The molecule has 1 aromatic rings. The fourth-order valence-electron chi connectivity index (χ4n) is 1.80. The van der Waals surface area contributed by atoms with Crippen LogP contribution in [0.25, 0.3) is 0 Å². The summed E-state index contributed by atoms with van der Waals surface area (Å²) in [5, 5.41) is 0. The topological polar surface area (TPSA) is 35.5 Å². The molecule has 3 heteroatoms. The molecule has 0 N–H and O–H groups in total. The first-order chi connectivity index (χ1) is 6.96. The number of fused-ring (bicyclic) bond motifs is 1. The molecule has 0 saturated heterocycles. The Morgan fingerprint density at radius 3 is 2.87 bits per heavy atom. The van der Waals surface area contributed by atoms with E-state index in [0.29, 0.717) is 5.75 Å². The third-order valence-electron chi connectivity index (χ3n) is 2.30. The van der Waals surface area contributed by atoms with E-state index in [1.54, 1.807) is 12.1 Å². The maximum atomic E-state index is 10.8. The minimum absolute atomic E-state index is 0.156. The van der Waals surface area contributed by atoms with Gasteiger partial charge in [0.2, 0.25) is 0 Å². The van der Waals surface area contributed by atoms with Gasteiger partial charge >= 0.3 is 5.97 Å². The van der Waals surface area contributed by atoms with Gasteiger partial charge in [-0.3, -0.25) is 4.79 Å². The Morgan fingerprint density at radius 2 is 2.20 bits per heavy atom. The molecule has 1 heterocycles. The predicted molar refractivity (Wildman–Crippen MR) is 56.2 cm³/mol. The van der Waals surface area contributed by atoms with Crippen LogP contribution in [0.4, 0.5) is 0 Å². The first-order valence-electron chi connectivity index (χ1n) is 4.97. The zero-order chi connectivity index (χ0) is 11.1. The molecule has 0 atom stereocenters. The lowest BCUT2D eigenvalue weighted by Crippen LogP contribution is -2.24. The maximum Gasteiger partial charge on any atom is 0.308 e. The average Bonchev–Trinajstić information content (AvgIpc) is 2.36. The summed E-state index contributed by atoms with van der Waals surface area (Å²) in [4.78, 5) is 10.8. The van der Waals surface area contributed by atoms with Gasteiger partial charge in [-0.15, -0.1) is 0 Å². The Balaban J connectivity index is 2.26. The van der Waals surface area contributed by atoms with Crippen molar-refractivity contribution in [3.63, 3.8) is 0 Å². The number of benzene rings is 1. The molecule has 0 saturated carbocycles. The van der Waals surface area contributed by atoms with Crippen molar-refractivity contribution >= 4 is 5.97 Å². The van der Waals surface area contributed by atoms with Crippen LogP contribution < -0.4 is 9.47 Å². The summed E-state index contributed by atoms with van der Waals surface area (Å²) in [6.07, 6.45) is 0.892. The van der Waals surface area contributed by atoms with Gasteiger partial charge < -0.3 is 9.47 Å². The monoisotopic (exact) mass is 206 g/mol. The second-order valence-corrected chi connectivity index (χ2v) is 4.40. The zero-order valence-corrected chi connectivity index (χ0v) is 9.16. The molecule has 0 radical (unpaired) electrons. The highest BCUT2D eigenvalue weighted by Crippen LogP contribution is 2.37. The minimum atomic E-state index is -0.313. The van der Waals surface area contributed by atoms with Crippen molar-refractivity contribution < 1.29 is 14.3 Å². The Morgan fingerprint density at radius 1 is 1.47 bits per heavy atom. The van der Waals surface area contributed by atoms with E-state index in [4.69, 9.17) is 9.47 Å². The van der Waals surface area contributed by atoms with E-state index in [1.807, 2.05) is 19.9 Å². The molecule has 1 aliphatic heterocycles. The Bertz CT molecular complexity index is 407. The third-order valence-corrected chi connectivity index (χ3v) is 2.30. The standard InChI is InChI=1S/C12H14O3/c1-8(13)14-10-5-4-9-7-12(2,3)15-11(9)6-10/h4-6H,7H2,1-3H3. The van der Waals surface area contributed by atoms with Gasteiger partial charge in [0.05, 0.1) is 0 Å². The first kappa shape index (κ1) is 10.0. The molecule has 15 heavy (non-hydrogen) atoms. The van der Waals surface area contributed by atoms with Gasteiger partial charge in [0.1, 0.15) is 17.1 Å². The van der Waals surface area contributed by atoms with Crippen LogP contribution in [0.3, 0.4) is 0 Å². The van der Waals surface area contributed by atoms with Gasteiger partial charge in [-0.05, 0) is 25.5 Å². The zero-order valence-electron chi connectivity index (χ0n) is 9.16. The molecule has 1 aliphatic rings. The summed E-state index contributed by atoms with van der Waals surface area (Å²) in [6, 6.07) is 5.51. The molecule has 0 fully saturated rings. The second kappa shape index (κ2) is 3.26. The van der Waals surface area contributed by atoms with E-state index in [-0.39, 0.29) is 11.6 Å². The quantitative estimate of drug-likeness (QED) is 0.522. The Kier molecular flexibility index (Phi) is 2.18. The normalized spacial score (nSPS) is 16.7. The van der Waals surface area contributed by atoms with E-state index >= 15 is 0 Å². The summed E-state index contributed by atoms with van der Waals surface area (Å²) < 4.78 is 10.7. The van der Waals surface area contributed by atoms with Gasteiger partial charge in [-0.25, -0.2) is 0 Å². The summed E-state index contributed by atoms with van der Waals surface area (Å²) in [7, 11) is 0. The number of hydrogen-bond donors (Lipinski definition) is 0. The van der Waals surface area contributed by atoms with Gasteiger partial charge in [-0.2, -0.15) is 0 Å². The van der Waals surface area contributed by atoms with Gasteiger partial charge in [-0.1, -0.05) is 6.07 Å². The Labute approximate surface area is 89.0 Å². The molecule has 3 nitrogen and oxygen atoms in total. The van der Waals surface area contributed by atoms with Gasteiger partial charge in [0.25, 0.3) is 0 Å². The molecule has 0 aromatic heterocycles. The lowest BCUT2D eigenvalue weighted by Gasteiger charge is -2.16. The van der Waals surface area contributed by atoms with Crippen molar-refractivity contribution in [3.05, 3.63) is 23.8 Å². The number of rotatable bonds is 1. The molecule has 0 spiro atoms. The lowest BCUT2D eigenvalue weighted by atomic mass is 10.0. The fourth-order valence-corrected chi connectivity index (χ4v) is 1.80. The van der Waals surface area contributed by atoms with E-state index in [0.717, 1.165) is 17.7 Å². The minimum Gasteiger partial charge on any atom is -0.487 e. The molecular weight excluding hydrogens is 192 g/mol. The van der Waals surface area contributed by atoms with E-state index in [9.17, 15) is 4.79 Å². The first-order valence-corrected chi connectivity index (χ1v) is 4.97. The van der Waals surface area contributed by atoms with Crippen molar-refractivity contribution in [1.29, 1.82) is 0 Å². The van der Waals surface area contributed by atoms with Crippen molar-refractivity contribution in [2.24, 2.45) is 0 Å². The molecule has 0 amide bonds. The number of carbonyl (C=O) groups excluding carboxylic acids is 1. The largest absolute Gasteiger partial charge is 0.487 e. The highest BCUT2D eigenvalue weighted by atomic mass is 16.5. The SMILES string of the molecule is CC(=O)Oc1ccc2c(c1)OC(C)(C)C2. The molecule has 80 valence electrons. The summed E-state index contributed by atoms with van der Waals surface area (Å²) in [5.74, 6) is 1.05. The Hall–Kier alpha value is -1.51. The van der Waals surface area contributed by atoms with E-state index < -0.39 is 0 Å². The van der Waals surface area contributed by atoms with Crippen molar-refractivity contribution in [2.75, 3.05) is 0 Å². The van der Waals surface area contributed by atoms with E-state index in [1.165, 1.54) is 6.92 Å². The maximum absolute atomic E-state index is 10.8. The molecule has 0 bridgehead atoms. The molecular formula is C12H14O3. The van der Waals surface area contributed by atoms with Crippen LogP contribution >= 0.6 is 0 Å². The van der Waals surface area contributed by atoms with Crippen LogP contribution in [0.2, 0.25) is 0 Å². The molecule has 0 aliphatic carbocycles. The van der Waals surface area contributed by atoms with Crippen LogP contribution in [0.15, 0.2) is 18.2 Å². The number of ether oxygens (including phenoxy) is 2. The van der Waals surface area contributed by atoms with Crippen molar-refractivity contribution in [2.45, 2.75) is 32.8 Å². The van der Waals surface area contributed by atoms with E-state index in [2.05, 4.69) is 0 Å². The van der Waals surface area contributed by atoms with Crippen LogP contribution in [-0.4, -0.2) is 11.6 Å². The van der Waals surface area contributed by atoms with Crippen LogP contribution in [0.5, 0.6) is 11.5 Å². The van der Waals surface area contributed by atoms with Crippen molar-refractivity contribution in [1.82, 2.24) is 0 Å². The molecule has 0 unspecified atom stereocenters. The highest BCUT2D eigenvalue weighted by Gasteiger charge is 2.30. The summed E-state index contributed by atoms with van der Waals surface area (Å²) in [6.45, 7) is 5.47. The lowest BCUT2D eigenvalue weighted by molar-refractivity contribution is -0.131. The second-order valence-electron chi connectivity index (χ2n) is 4.40. The van der Waals surface area contributed by atoms with Crippen molar-refractivity contribution in [3.8, 4) is 11.5 Å². The fraction of sp³-hybridized carbons (Fsp3) is 0.417. The number of hydrogen-bond acceptors (Lipinski definition) is 3. The molecule has 2 rings (SSSR count).